The standard InChI is InChI=1S/C26H25F3N4O6S/c1-38-23-9-4-3-8-22(23)31-25(35)17-39-21-12-10-18(11-13-21)15-30-32-24(34)16-33(40(2,36)37)20-7-5-6-19(14-20)26(27,28)29/h3-15H,16-17H2,1-2H3,(H,31,35)(H,32,34)/b30-15-. The van der Waals surface area contributed by atoms with Gasteiger partial charge in [-0.25, -0.2) is 13.8 Å². The highest BCUT2D eigenvalue weighted by Gasteiger charge is 2.32. The summed E-state index contributed by atoms with van der Waals surface area (Å²) in [5.74, 6) is -0.376. The third-order valence-corrected chi connectivity index (χ3v) is 6.32. The van der Waals surface area contributed by atoms with Gasteiger partial charge < -0.3 is 14.8 Å². The van der Waals surface area contributed by atoms with E-state index in [0.29, 0.717) is 33.1 Å². The minimum absolute atomic E-state index is 0.260. The number of alkyl halides is 3. The zero-order valence-corrected chi connectivity index (χ0v) is 22.1. The van der Waals surface area contributed by atoms with Gasteiger partial charge in [-0.15, -0.1) is 0 Å². The van der Waals surface area contributed by atoms with Gasteiger partial charge in [0.05, 0.1) is 36.5 Å². The van der Waals surface area contributed by atoms with Gasteiger partial charge >= 0.3 is 6.18 Å². The molecule has 40 heavy (non-hydrogen) atoms. The van der Waals surface area contributed by atoms with Crippen LogP contribution in [0.4, 0.5) is 24.5 Å². The van der Waals surface area contributed by atoms with Gasteiger partial charge in [0.1, 0.15) is 18.0 Å². The highest BCUT2D eigenvalue weighted by atomic mass is 32.2. The number of halogens is 3. The predicted octanol–water partition coefficient (Wildman–Crippen LogP) is 3.65. The van der Waals surface area contributed by atoms with Crippen molar-refractivity contribution in [2.24, 2.45) is 5.10 Å². The second-order valence-electron chi connectivity index (χ2n) is 8.22. The van der Waals surface area contributed by atoms with Crippen LogP contribution in [0.2, 0.25) is 0 Å². The molecule has 0 unspecified atom stereocenters. The summed E-state index contributed by atoms with van der Waals surface area (Å²) in [6.07, 6.45) is -2.64. The first-order chi connectivity index (χ1) is 18.9. The number of ether oxygens (including phenoxy) is 2. The van der Waals surface area contributed by atoms with Gasteiger partial charge in [-0.1, -0.05) is 18.2 Å². The van der Waals surface area contributed by atoms with Gasteiger partial charge in [-0.05, 0) is 60.2 Å². The van der Waals surface area contributed by atoms with Crippen molar-refractivity contribution in [1.82, 2.24) is 5.43 Å². The lowest BCUT2D eigenvalue weighted by molar-refractivity contribution is -0.137. The van der Waals surface area contributed by atoms with Crippen LogP contribution in [0.25, 0.3) is 0 Å². The molecule has 0 aliphatic rings. The Balaban J connectivity index is 1.54. The van der Waals surface area contributed by atoms with Crippen molar-refractivity contribution >= 4 is 39.4 Å². The van der Waals surface area contributed by atoms with Crippen molar-refractivity contribution in [2.45, 2.75) is 6.18 Å². The topological polar surface area (TPSA) is 126 Å². The van der Waals surface area contributed by atoms with Gasteiger partial charge in [0.15, 0.2) is 6.61 Å². The van der Waals surface area contributed by atoms with E-state index in [4.69, 9.17) is 9.47 Å². The minimum Gasteiger partial charge on any atom is -0.495 e. The molecule has 3 aromatic carbocycles. The number of hydrogen-bond donors (Lipinski definition) is 2. The normalized spacial score (nSPS) is 11.6. The van der Waals surface area contributed by atoms with Crippen LogP contribution >= 0.6 is 0 Å². The fraction of sp³-hybridized carbons (Fsp3) is 0.192. The van der Waals surface area contributed by atoms with Crippen molar-refractivity contribution in [3.05, 3.63) is 83.9 Å². The van der Waals surface area contributed by atoms with Crippen LogP contribution in [0.5, 0.6) is 11.5 Å². The number of para-hydroxylation sites is 2. The smallest absolute Gasteiger partial charge is 0.416 e. The largest absolute Gasteiger partial charge is 0.495 e. The van der Waals surface area contributed by atoms with Crippen molar-refractivity contribution in [1.29, 1.82) is 0 Å². The highest BCUT2D eigenvalue weighted by molar-refractivity contribution is 7.92. The van der Waals surface area contributed by atoms with E-state index >= 15 is 0 Å². The van der Waals surface area contributed by atoms with Gasteiger partial charge in [-0.3, -0.25) is 13.9 Å². The predicted molar refractivity (Wildman–Crippen MR) is 143 cm³/mol. The molecule has 3 rings (SSSR count). The number of rotatable bonds is 11. The Morgan fingerprint density at radius 3 is 2.35 bits per heavy atom. The van der Waals surface area contributed by atoms with E-state index in [1.165, 1.54) is 13.3 Å². The summed E-state index contributed by atoms with van der Waals surface area (Å²) >= 11 is 0. The molecule has 0 bridgehead atoms. The maximum Gasteiger partial charge on any atom is 0.416 e. The Labute approximate surface area is 228 Å². The van der Waals surface area contributed by atoms with E-state index in [0.717, 1.165) is 24.5 Å². The molecule has 2 N–H and O–H groups in total. The summed E-state index contributed by atoms with van der Waals surface area (Å²) < 4.78 is 74.6. The lowest BCUT2D eigenvalue weighted by atomic mass is 10.2. The number of amides is 2. The van der Waals surface area contributed by atoms with Crippen LogP contribution in [0.1, 0.15) is 11.1 Å². The molecule has 0 aliphatic carbocycles. The molecule has 0 radical (unpaired) electrons. The fourth-order valence-electron chi connectivity index (χ4n) is 3.32. The zero-order valence-electron chi connectivity index (χ0n) is 21.3. The van der Waals surface area contributed by atoms with Crippen LogP contribution < -0.4 is 24.5 Å². The molecule has 0 saturated heterocycles. The maximum atomic E-state index is 13.0. The molecule has 0 fully saturated rings. The molecule has 212 valence electrons. The second kappa shape index (κ2) is 13.0. The summed E-state index contributed by atoms with van der Waals surface area (Å²) in [5, 5.41) is 6.43. The molecule has 3 aromatic rings. The quantitative estimate of drug-likeness (QED) is 0.264. The van der Waals surface area contributed by atoms with Crippen molar-refractivity contribution < 1.29 is 40.7 Å². The molecule has 0 saturated carbocycles. The molecule has 2 amide bonds. The fourth-order valence-corrected chi connectivity index (χ4v) is 4.16. The van der Waals surface area contributed by atoms with Gasteiger partial charge in [0.25, 0.3) is 11.8 Å². The Bertz CT molecular complexity index is 1480. The number of carbonyl (C=O) groups excluding carboxylic acids is 2. The van der Waals surface area contributed by atoms with Crippen molar-refractivity contribution in [2.75, 3.05) is 36.1 Å². The molecule has 14 heteroatoms. The monoisotopic (exact) mass is 578 g/mol. The first kappa shape index (κ1) is 30.0. The van der Waals surface area contributed by atoms with Crippen LogP contribution in [0, 0.1) is 0 Å². The number of carbonyl (C=O) groups is 2. The Kier molecular flexibility index (Phi) is 9.72. The third-order valence-electron chi connectivity index (χ3n) is 5.18. The Hall–Kier alpha value is -4.59. The van der Waals surface area contributed by atoms with Crippen LogP contribution in [0.15, 0.2) is 77.9 Å². The van der Waals surface area contributed by atoms with Gasteiger partial charge in [0.2, 0.25) is 10.0 Å². The van der Waals surface area contributed by atoms with Crippen molar-refractivity contribution in [3.8, 4) is 11.5 Å². The average Bonchev–Trinajstić information content (AvgIpc) is 2.90. The molecular formula is C26H25F3N4O6S. The van der Waals surface area contributed by atoms with Crippen LogP contribution in [-0.4, -0.2) is 53.0 Å². The van der Waals surface area contributed by atoms with Gasteiger partial charge in [0, 0.05) is 0 Å². The molecule has 10 nitrogen and oxygen atoms in total. The number of anilines is 2. The van der Waals surface area contributed by atoms with Crippen LogP contribution in [-0.2, 0) is 25.8 Å². The minimum atomic E-state index is -4.69. The van der Waals surface area contributed by atoms with E-state index in [1.807, 2.05) is 0 Å². The number of nitrogens with zero attached hydrogens (tertiary/aromatic N) is 2. The molecule has 0 aliphatic heterocycles. The average molecular weight is 579 g/mol. The summed E-state index contributed by atoms with van der Waals surface area (Å²) in [7, 11) is -2.60. The molecule has 0 heterocycles. The van der Waals surface area contributed by atoms with E-state index in [1.54, 1.807) is 48.5 Å². The maximum absolute atomic E-state index is 13.0. The SMILES string of the molecule is COc1ccccc1NC(=O)COc1ccc(/C=N\NC(=O)CN(c2cccc(C(F)(F)F)c2)S(C)(=O)=O)cc1. The Morgan fingerprint density at radius 2 is 1.70 bits per heavy atom. The number of hydrazone groups is 1. The lowest BCUT2D eigenvalue weighted by Gasteiger charge is -2.22. The summed E-state index contributed by atoms with van der Waals surface area (Å²) in [4.78, 5) is 24.5. The Morgan fingerprint density at radius 1 is 1.00 bits per heavy atom. The summed E-state index contributed by atoms with van der Waals surface area (Å²) in [6, 6.07) is 16.9. The molecule has 0 atom stereocenters. The number of hydrogen-bond acceptors (Lipinski definition) is 7. The van der Waals surface area contributed by atoms with E-state index < -0.39 is 40.1 Å². The van der Waals surface area contributed by atoms with Crippen LogP contribution in [0.3, 0.4) is 0 Å². The van der Waals surface area contributed by atoms with Gasteiger partial charge in [-0.2, -0.15) is 18.3 Å². The number of methoxy groups -OCH3 is 1. The van der Waals surface area contributed by atoms with E-state index in [-0.39, 0.29) is 12.3 Å². The summed E-state index contributed by atoms with van der Waals surface area (Å²) in [5.41, 5.74) is 1.81. The number of benzene rings is 3. The zero-order chi connectivity index (χ0) is 29.3. The highest BCUT2D eigenvalue weighted by Crippen LogP contribution is 2.32. The number of sulfonamides is 1. The second-order valence-corrected chi connectivity index (χ2v) is 10.1. The summed E-state index contributed by atoms with van der Waals surface area (Å²) in [6.45, 7) is -1.05. The molecule has 0 spiro atoms. The third kappa shape index (κ3) is 8.73. The first-order valence-electron chi connectivity index (χ1n) is 11.5. The number of nitrogens with one attached hydrogen (secondary N) is 2. The lowest BCUT2D eigenvalue weighted by Crippen LogP contribution is -2.39. The molecule has 0 aromatic heterocycles. The molecular weight excluding hydrogens is 553 g/mol. The van der Waals surface area contributed by atoms with Crippen molar-refractivity contribution in [3.63, 3.8) is 0 Å². The van der Waals surface area contributed by atoms with E-state index in [9.17, 15) is 31.2 Å². The van der Waals surface area contributed by atoms with E-state index in [2.05, 4.69) is 15.8 Å². The first-order valence-corrected chi connectivity index (χ1v) is 13.3.